The maximum atomic E-state index is 9.58. The quantitative estimate of drug-likeness (QED) is 0.153. The highest BCUT2D eigenvalue weighted by Gasteiger charge is 2.48. The molecule has 5 rings (SSSR count). The molecule has 4 N–H and O–H groups in total. The van der Waals surface area contributed by atoms with Gasteiger partial charge in [-0.05, 0) is 82.6 Å². The number of ether oxygens (including phenoxy) is 4. The molecular weight excluding hydrogens is 548 g/mol. The Kier molecular flexibility index (Phi) is 9.52. The van der Waals surface area contributed by atoms with Gasteiger partial charge in [0.15, 0.2) is 23.0 Å². The van der Waals surface area contributed by atoms with Crippen LogP contribution in [0, 0.1) is 13.8 Å². The highest BCUT2D eigenvalue weighted by Crippen LogP contribution is 2.59. The van der Waals surface area contributed by atoms with Crippen molar-refractivity contribution < 1.29 is 39.4 Å². The van der Waals surface area contributed by atoms with Crippen molar-refractivity contribution in [1.29, 1.82) is 0 Å². The summed E-state index contributed by atoms with van der Waals surface area (Å²) in [7, 11) is 0. The molecule has 0 saturated carbocycles. The molecule has 0 aromatic heterocycles. The molecule has 8 nitrogen and oxygen atoms in total. The predicted octanol–water partition coefficient (Wildman–Crippen LogP) is 4.15. The van der Waals surface area contributed by atoms with Gasteiger partial charge in [0.05, 0.1) is 31.8 Å². The van der Waals surface area contributed by atoms with Gasteiger partial charge in [-0.15, -0.1) is 0 Å². The standard InChI is InChI=1S/C35H38O8/c1-23-19-31(40-15-11-36)33(42-17-13-38)21-29(23)35(27-9-5-3-7-25(27)26-8-4-6-10-28(26)35)30-22-34(43-18-14-39)32(20-24(30)2)41-16-12-37/h3-10,19-22,36-39H,11-18H2,1-2H3. The maximum Gasteiger partial charge on any atom is 0.161 e. The van der Waals surface area contributed by atoms with Crippen LogP contribution in [-0.2, 0) is 5.41 Å². The molecule has 0 bridgehead atoms. The third-order valence-corrected chi connectivity index (χ3v) is 7.74. The molecule has 4 aromatic carbocycles. The molecule has 0 unspecified atom stereocenters. The summed E-state index contributed by atoms with van der Waals surface area (Å²) in [6, 6.07) is 24.5. The van der Waals surface area contributed by atoms with Crippen molar-refractivity contribution in [3.05, 3.63) is 106 Å². The highest BCUT2D eigenvalue weighted by atomic mass is 16.5. The predicted molar refractivity (Wildman–Crippen MR) is 164 cm³/mol. The molecule has 1 aliphatic rings. The van der Waals surface area contributed by atoms with Gasteiger partial charge < -0.3 is 39.4 Å². The van der Waals surface area contributed by atoms with Gasteiger partial charge in [-0.2, -0.15) is 0 Å². The van der Waals surface area contributed by atoms with Gasteiger partial charge in [-0.1, -0.05) is 48.5 Å². The zero-order valence-corrected chi connectivity index (χ0v) is 24.5. The van der Waals surface area contributed by atoms with Crippen molar-refractivity contribution in [3.63, 3.8) is 0 Å². The summed E-state index contributed by atoms with van der Waals surface area (Å²) >= 11 is 0. The number of rotatable bonds is 14. The molecular formula is C35H38O8. The minimum atomic E-state index is -0.818. The Morgan fingerprint density at radius 2 is 0.791 bits per heavy atom. The Balaban J connectivity index is 1.87. The molecule has 0 spiro atoms. The van der Waals surface area contributed by atoms with Crippen molar-refractivity contribution in [3.8, 4) is 34.1 Å². The van der Waals surface area contributed by atoms with Crippen LogP contribution in [0.2, 0.25) is 0 Å². The summed E-state index contributed by atoms with van der Waals surface area (Å²) in [5, 5.41) is 38.0. The molecule has 226 valence electrons. The summed E-state index contributed by atoms with van der Waals surface area (Å²) in [6.07, 6.45) is 0. The van der Waals surface area contributed by atoms with Crippen molar-refractivity contribution >= 4 is 0 Å². The second-order valence-electron chi connectivity index (χ2n) is 10.4. The number of aliphatic hydroxyl groups excluding tert-OH is 4. The van der Waals surface area contributed by atoms with E-state index in [2.05, 4.69) is 24.3 Å². The van der Waals surface area contributed by atoms with E-state index in [0.29, 0.717) is 23.0 Å². The van der Waals surface area contributed by atoms with Crippen molar-refractivity contribution in [1.82, 2.24) is 0 Å². The Morgan fingerprint density at radius 1 is 0.465 bits per heavy atom. The first kappa shape index (κ1) is 30.4. The topological polar surface area (TPSA) is 118 Å². The number of aliphatic hydroxyl groups is 4. The minimum Gasteiger partial charge on any atom is -0.487 e. The average molecular weight is 587 g/mol. The van der Waals surface area contributed by atoms with Crippen molar-refractivity contribution in [2.24, 2.45) is 0 Å². The lowest BCUT2D eigenvalue weighted by atomic mass is 9.65. The summed E-state index contributed by atoms with van der Waals surface area (Å²) in [4.78, 5) is 0. The van der Waals surface area contributed by atoms with E-state index in [1.165, 1.54) is 0 Å². The maximum absolute atomic E-state index is 9.58. The van der Waals surface area contributed by atoms with Gasteiger partial charge in [0.25, 0.3) is 0 Å². The van der Waals surface area contributed by atoms with Crippen LogP contribution in [-0.4, -0.2) is 73.3 Å². The number of fused-ring (bicyclic) bond motifs is 3. The normalized spacial score (nSPS) is 12.9. The molecule has 0 heterocycles. The summed E-state index contributed by atoms with van der Waals surface area (Å²) in [5.41, 5.74) is 7.34. The van der Waals surface area contributed by atoms with Gasteiger partial charge in [0, 0.05) is 0 Å². The first-order valence-electron chi connectivity index (χ1n) is 14.5. The molecule has 43 heavy (non-hydrogen) atoms. The SMILES string of the molecule is Cc1cc(OCCO)c(OCCO)cc1C1(c2cc(OCCO)c(OCCO)cc2C)c2ccccc2-c2ccccc21. The van der Waals surface area contributed by atoms with E-state index < -0.39 is 5.41 Å². The zero-order chi connectivity index (χ0) is 30.4. The van der Waals surface area contributed by atoms with Crippen LogP contribution in [0.25, 0.3) is 11.1 Å². The number of hydrogen-bond acceptors (Lipinski definition) is 8. The van der Waals surface area contributed by atoms with Crippen LogP contribution in [0.4, 0.5) is 0 Å². The lowest BCUT2D eigenvalue weighted by Gasteiger charge is -2.37. The Bertz CT molecular complexity index is 1450. The van der Waals surface area contributed by atoms with E-state index >= 15 is 0 Å². The lowest BCUT2D eigenvalue weighted by molar-refractivity contribution is 0.178. The second kappa shape index (κ2) is 13.5. The Hall–Kier alpha value is -4.08. The van der Waals surface area contributed by atoms with Gasteiger partial charge >= 0.3 is 0 Å². The smallest absolute Gasteiger partial charge is 0.161 e. The lowest BCUT2D eigenvalue weighted by Crippen LogP contribution is -2.31. The van der Waals surface area contributed by atoms with E-state index in [1.807, 2.05) is 62.4 Å². The fraction of sp³-hybridized carbons (Fsp3) is 0.314. The number of aryl methyl sites for hydroxylation is 2. The van der Waals surface area contributed by atoms with Gasteiger partial charge in [0.1, 0.15) is 26.4 Å². The van der Waals surface area contributed by atoms with E-state index in [1.54, 1.807) is 0 Å². The summed E-state index contributed by atoms with van der Waals surface area (Å²) in [5.74, 6) is 1.88. The second-order valence-corrected chi connectivity index (χ2v) is 10.4. The molecule has 0 fully saturated rings. The molecule has 0 amide bonds. The molecule has 1 aliphatic carbocycles. The first-order chi connectivity index (χ1) is 21.0. The summed E-state index contributed by atoms with van der Waals surface area (Å²) < 4.78 is 23.8. The van der Waals surface area contributed by atoms with Crippen molar-refractivity contribution in [2.75, 3.05) is 52.9 Å². The molecule has 4 aromatic rings. The van der Waals surface area contributed by atoms with Crippen LogP contribution in [0.3, 0.4) is 0 Å². The third-order valence-electron chi connectivity index (χ3n) is 7.74. The number of benzene rings is 4. The van der Waals surface area contributed by atoms with E-state index in [-0.39, 0.29) is 52.9 Å². The summed E-state index contributed by atoms with van der Waals surface area (Å²) in [6.45, 7) is 3.78. The average Bonchev–Trinajstić information content (AvgIpc) is 3.32. The first-order valence-corrected chi connectivity index (χ1v) is 14.5. The van der Waals surface area contributed by atoms with Crippen LogP contribution in [0.1, 0.15) is 33.4 Å². The minimum absolute atomic E-state index is 0.0766. The third kappa shape index (κ3) is 5.55. The molecule has 0 saturated heterocycles. The molecule has 0 radical (unpaired) electrons. The fourth-order valence-electron chi connectivity index (χ4n) is 6.17. The van der Waals surface area contributed by atoms with Gasteiger partial charge in [0.2, 0.25) is 0 Å². The molecule has 8 heteroatoms. The van der Waals surface area contributed by atoms with E-state index in [0.717, 1.165) is 44.5 Å². The number of hydrogen-bond donors (Lipinski definition) is 4. The van der Waals surface area contributed by atoms with Gasteiger partial charge in [-0.3, -0.25) is 0 Å². The van der Waals surface area contributed by atoms with Crippen LogP contribution in [0.5, 0.6) is 23.0 Å². The molecule has 0 atom stereocenters. The zero-order valence-electron chi connectivity index (χ0n) is 24.5. The molecule has 0 aliphatic heterocycles. The largest absolute Gasteiger partial charge is 0.487 e. The Morgan fingerprint density at radius 3 is 1.14 bits per heavy atom. The van der Waals surface area contributed by atoms with E-state index in [9.17, 15) is 20.4 Å². The van der Waals surface area contributed by atoms with E-state index in [4.69, 9.17) is 18.9 Å². The highest BCUT2D eigenvalue weighted by molar-refractivity contribution is 5.87. The fourth-order valence-corrected chi connectivity index (χ4v) is 6.17. The van der Waals surface area contributed by atoms with Gasteiger partial charge in [-0.25, -0.2) is 0 Å². The monoisotopic (exact) mass is 586 g/mol. The Labute approximate surface area is 251 Å². The van der Waals surface area contributed by atoms with Crippen LogP contribution >= 0.6 is 0 Å². The van der Waals surface area contributed by atoms with Crippen LogP contribution in [0.15, 0.2) is 72.8 Å². The van der Waals surface area contributed by atoms with Crippen LogP contribution < -0.4 is 18.9 Å². The van der Waals surface area contributed by atoms with Crippen molar-refractivity contribution in [2.45, 2.75) is 19.3 Å².